The fraction of sp³-hybridized carbons (Fsp3) is 0.200. The van der Waals surface area contributed by atoms with Crippen LogP contribution < -0.4 is 4.87 Å². The normalized spacial score (nSPS) is 10.4. The van der Waals surface area contributed by atoms with E-state index in [-0.39, 0.29) is 4.87 Å². The van der Waals surface area contributed by atoms with Crippen LogP contribution in [0, 0.1) is 6.92 Å². The van der Waals surface area contributed by atoms with Gasteiger partial charge in [0.25, 0.3) is 0 Å². The quantitative estimate of drug-likeness (QED) is 0.749. The Morgan fingerprint density at radius 2 is 2.36 bits per heavy atom. The van der Waals surface area contributed by atoms with Crippen molar-refractivity contribution in [2.45, 2.75) is 13.5 Å². The highest BCUT2D eigenvalue weighted by atomic mass is 32.1. The maximum absolute atomic E-state index is 11.3. The van der Waals surface area contributed by atoms with Gasteiger partial charge < -0.3 is 0 Å². The number of rotatable bonds is 2. The molecule has 0 amide bonds. The van der Waals surface area contributed by atoms with Gasteiger partial charge in [-0.3, -0.25) is 14.3 Å². The third-order valence-corrected chi connectivity index (χ3v) is 2.62. The van der Waals surface area contributed by atoms with Crippen LogP contribution in [-0.4, -0.2) is 9.55 Å². The fourth-order valence-corrected chi connectivity index (χ4v) is 1.85. The molecule has 0 N–H and O–H groups in total. The second-order valence-corrected chi connectivity index (χ2v) is 3.92. The Kier molecular flexibility index (Phi) is 2.45. The second-order valence-electron chi connectivity index (χ2n) is 3.07. The summed E-state index contributed by atoms with van der Waals surface area (Å²) < 4.78 is 1.66. The van der Waals surface area contributed by atoms with E-state index in [4.69, 9.17) is 0 Å². The van der Waals surface area contributed by atoms with E-state index in [0.29, 0.717) is 6.54 Å². The average Bonchev–Trinajstić information content (AvgIpc) is 2.52. The van der Waals surface area contributed by atoms with Crippen molar-refractivity contribution in [2.24, 2.45) is 0 Å². The van der Waals surface area contributed by atoms with Gasteiger partial charge in [0.1, 0.15) is 0 Å². The van der Waals surface area contributed by atoms with Crippen LogP contribution in [0.4, 0.5) is 0 Å². The van der Waals surface area contributed by atoms with Crippen LogP contribution >= 0.6 is 11.3 Å². The van der Waals surface area contributed by atoms with E-state index in [2.05, 4.69) is 4.98 Å². The summed E-state index contributed by atoms with van der Waals surface area (Å²) in [6.45, 7) is 2.50. The molecule has 0 spiro atoms. The molecule has 2 aromatic heterocycles. The molecule has 0 aliphatic rings. The Balaban J connectivity index is 2.27. The Bertz CT molecular complexity index is 487. The minimum Gasteiger partial charge on any atom is -0.300 e. The van der Waals surface area contributed by atoms with Gasteiger partial charge in [-0.05, 0) is 19.1 Å². The van der Waals surface area contributed by atoms with E-state index in [9.17, 15) is 4.79 Å². The number of nitrogens with zero attached hydrogens (tertiary/aromatic N) is 2. The van der Waals surface area contributed by atoms with Crippen molar-refractivity contribution >= 4 is 11.3 Å². The minimum atomic E-state index is 0.0632. The second kappa shape index (κ2) is 3.75. The third-order valence-electron chi connectivity index (χ3n) is 1.92. The summed E-state index contributed by atoms with van der Waals surface area (Å²) in [4.78, 5) is 15.7. The first kappa shape index (κ1) is 9.15. The lowest BCUT2D eigenvalue weighted by atomic mass is 10.3. The molecule has 0 bridgehead atoms. The Labute approximate surface area is 85.7 Å². The molecule has 0 fully saturated rings. The van der Waals surface area contributed by atoms with Crippen LogP contribution in [0.1, 0.15) is 11.4 Å². The maximum atomic E-state index is 11.3. The maximum Gasteiger partial charge on any atom is 0.307 e. The van der Waals surface area contributed by atoms with Crippen molar-refractivity contribution in [3.63, 3.8) is 0 Å². The number of pyridine rings is 1. The van der Waals surface area contributed by atoms with E-state index < -0.39 is 0 Å². The van der Waals surface area contributed by atoms with Gasteiger partial charge in [-0.2, -0.15) is 0 Å². The molecular formula is C10H10N2OS. The Morgan fingerprint density at radius 3 is 3.00 bits per heavy atom. The third kappa shape index (κ3) is 1.90. The zero-order valence-electron chi connectivity index (χ0n) is 7.80. The van der Waals surface area contributed by atoms with Gasteiger partial charge in [0.2, 0.25) is 0 Å². The molecule has 72 valence electrons. The lowest BCUT2D eigenvalue weighted by Gasteiger charge is -2.01. The molecule has 0 aliphatic carbocycles. The monoisotopic (exact) mass is 206 g/mol. The molecule has 0 aliphatic heterocycles. The topological polar surface area (TPSA) is 34.9 Å². The number of aromatic nitrogens is 2. The number of hydrogen-bond acceptors (Lipinski definition) is 3. The Hall–Kier alpha value is -1.42. The largest absolute Gasteiger partial charge is 0.307 e. The molecule has 14 heavy (non-hydrogen) atoms. The highest BCUT2D eigenvalue weighted by molar-refractivity contribution is 7.07. The summed E-state index contributed by atoms with van der Waals surface area (Å²) in [6, 6.07) is 5.83. The van der Waals surface area contributed by atoms with Gasteiger partial charge in [-0.1, -0.05) is 17.4 Å². The van der Waals surface area contributed by atoms with Crippen LogP contribution in [0.15, 0.2) is 34.6 Å². The smallest absolute Gasteiger partial charge is 0.300 e. The van der Waals surface area contributed by atoms with Gasteiger partial charge >= 0.3 is 4.87 Å². The first-order chi connectivity index (χ1) is 6.75. The number of aryl methyl sites for hydroxylation is 1. The summed E-state index contributed by atoms with van der Waals surface area (Å²) in [5.74, 6) is 0. The van der Waals surface area contributed by atoms with E-state index in [0.717, 1.165) is 11.4 Å². The van der Waals surface area contributed by atoms with Crippen LogP contribution in [0.2, 0.25) is 0 Å². The number of thiazole rings is 1. The van der Waals surface area contributed by atoms with Crippen molar-refractivity contribution in [1.82, 2.24) is 9.55 Å². The standard InChI is InChI=1S/C10H10N2OS/c1-8-3-2-4-9(11-8)7-12-5-6-14-10(12)13/h2-6H,7H2,1H3. The molecule has 0 aromatic carbocycles. The van der Waals surface area contributed by atoms with Crippen LogP contribution in [-0.2, 0) is 6.54 Å². The van der Waals surface area contributed by atoms with Crippen LogP contribution in [0.5, 0.6) is 0 Å². The predicted molar refractivity (Wildman–Crippen MR) is 56.7 cm³/mol. The molecule has 0 saturated carbocycles. The lowest BCUT2D eigenvalue weighted by molar-refractivity contribution is 0.758. The SMILES string of the molecule is Cc1cccc(Cn2ccsc2=O)n1. The van der Waals surface area contributed by atoms with Gasteiger partial charge in [-0.25, -0.2) is 0 Å². The van der Waals surface area contributed by atoms with Gasteiger partial charge in [0.15, 0.2) is 0 Å². The molecule has 0 atom stereocenters. The molecule has 2 aromatic rings. The predicted octanol–water partition coefficient (Wildman–Crippen LogP) is 1.66. The van der Waals surface area contributed by atoms with Crippen molar-refractivity contribution in [1.29, 1.82) is 0 Å². The summed E-state index contributed by atoms with van der Waals surface area (Å²) in [6.07, 6.45) is 1.79. The van der Waals surface area contributed by atoms with E-state index in [1.807, 2.05) is 25.1 Å². The van der Waals surface area contributed by atoms with Crippen molar-refractivity contribution in [2.75, 3.05) is 0 Å². The zero-order chi connectivity index (χ0) is 9.97. The van der Waals surface area contributed by atoms with Gasteiger partial charge in [0.05, 0.1) is 12.2 Å². The van der Waals surface area contributed by atoms with Gasteiger partial charge in [0, 0.05) is 17.3 Å². The average molecular weight is 206 g/mol. The van der Waals surface area contributed by atoms with E-state index >= 15 is 0 Å². The fourth-order valence-electron chi connectivity index (χ4n) is 1.27. The minimum absolute atomic E-state index is 0.0632. The lowest BCUT2D eigenvalue weighted by Crippen LogP contribution is -2.13. The summed E-state index contributed by atoms with van der Waals surface area (Å²) in [7, 11) is 0. The van der Waals surface area contributed by atoms with Crippen molar-refractivity contribution < 1.29 is 0 Å². The van der Waals surface area contributed by atoms with Gasteiger partial charge in [-0.15, -0.1) is 0 Å². The highest BCUT2D eigenvalue weighted by Gasteiger charge is 1.99. The molecule has 2 heterocycles. The zero-order valence-corrected chi connectivity index (χ0v) is 8.62. The van der Waals surface area contributed by atoms with E-state index in [1.165, 1.54) is 11.3 Å². The molecule has 0 radical (unpaired) electrons. The highest BCUT2D eigenvalue weighted by Crippen LogP contribution is 2.00. The molecule has 3 nitrogen and oxygen atoms in total. The first-order valence-electron chi connectivity index (χ1n) is 4.32. The Morgan fingerprint density at radius 1 is 1.50 bits per heavy atom. The van der Waals surface area contributed by atoms with Crippen molar-refractivity contribution in [3.05, 3.63) is 50.8 Å². The molecule has 4 heteroatoms. The number of hydrogen-bond donors (Lipinski definition) is 0. The summed E-state index contributed by atoms with van der Waals surface area (Å²) >= 11 is 1.21. The van der Waals surface area contributed by atoms with Crippen molar-refractivity contribution in [3.8, 4) is 0 Å². The van der Waals surface area contributed by atoms with Crippen LogP contribution in [0.3, 0.4) is 0 Å². The molecule has 0 unspecified atom stereocenters. The molecular weight excluding hydrogens is 196 g/mol. The first-order valence-corrected chi connectivity index (χ1v) is 5.20. The molecule has 0 saturated heterocycles. The summed E-state index contributed by atoms with van der Waals surface area (Å²) in [5, 5.41) is 1.79. The summed E-state index contributed by atoms with van der Waals surface area (Å²) in [5.41, 5.74) is 1.90. The van der Waals surface area contributed by atoms with E-state index in [1.54, 1.807) is 16.1 Å². The molecule has 2 rings (SSSR count). The van der Waals surface area contributed by atoms with Crippen LogP contribution in [0.25, 0.3) is 0 Å².